The van der Waals surface area contributed by atoms with Crippen LogP contribution < -0.4 is 10.9 Å². The second kappa shape index (κ2) is 6.95. The number of ketones is 1. The Morgan fingerprint density at radius 3 is 3.09 bits per heavy atom. The molecule has 2 N–H and O–H groups in total. The van der Waals surface area contributed by atoms with Crippen molar-refractivity contribution in [2.75, 3.05) is 6.54 Å². The van der Waals surface area contributed by atoms with E-state index in [1.54, 1.807) is 12.3 Å². The van der Waals surface area contributed by atoms with E-state index in [0.29, 0.717) is 23.9 Å². The quantitative estimate of drug-likeness (QED) is 0.818. The van der Waals surface area contributed by atoms with Crippen molar-refractivity contribution >= 4 is 29.1 Å². The second-order valence-corrected chi connectivity index (χ2v) is 5.18. The number of pyridine rings is 1. The highest BCUT2D eigenvalue weighted by molar-refractivity contribution is 5.85. The van der Waals surface area contributed by atoms with E-state index in [-0.39, 0.29) is 30.3 Å². The number of nitrogens with one attached hydrogen (secondary N) is 1. The molecule has 1 saturated heterocycles. The lowest BCUT2D eigenvalue weighted by Gasteiger charge is -2.27. The minimum absolute atomic E-state index is 0. The number of hydrogen-bond acceptors (Lipinski definition) is 6. The van der Waals surface area contributed by atoms with E-state index in [1.807, 2.05) is 0 Å². The van der Waals surface area contributed by atoms with Gasteiger partial charge in [0.15, 0.2) is 5.78 Å². The van der Waals surface area contributed by atoms with E-state index in [9.17, 15) is 14.7 Å². The van der Waals surface area contributed by atoms with E-state index in [2.05, 4.69) is 15.3 Å². The summed E-state index contributed by atoms with van der Waals surface area (Å²) in [7, 11) is 0. The van der Waals surface area contributed by atoms with Crippen LogP contribution in [0.2, 0.25) is 0 Å². The molecule has 2 aromatic rings. The summed E-state index contributed by atoms with van der Waals surface area (Å²) < 4.78 is 1.26. The number of carbonyl (C=O) groups excluding carboxylic acids is 1. The minimum atomic E-state index is -0.697. The third kappa shape index (κ3) is 3.16. The number of halogens is 1. The van der Waals surface area contributed by atoms with Gasteiger partial charge in [0.2, 0.25) is 0 Å². The molecular weight excluding hydrogens is 308 g/mol. The first kappa shape index (κ1) is 16.5. The summed E-state index contributed by atoms with van der Waals surface area (Å²) in [5.74, 6) is -0.214. The third-order valence-electron chi connectivity index (χ3n) is 3.72. The van der Waals surface area contributed by atoms with Crippen LogP contribution in [0.25, 0.3) is 10.9 Å². The van der Waals surface area contributed by atoms with Crippen molar-refractivity contribution in [2.24, 2.45) is 0 Å². The molecule has 7 nitrogen and oxygen atoms in total. The fourth-order valence-electron chi connectivity index (χ4n) is 2.58. The molecule has 1 aliphatic heterocycles. The number of nitrogens with zero attached hydrogens (tertiary/aromatic N) is 3. The standard InChI is InChI=1S/C14H16N4O3.ClH/c19-11-2-1-4-16-13(11)12(20)7-18-8-17-10-3-5-15-6-9(10)14(18)21;/h3,5-6,8,11,13,16,19H,1-2,4,7H2;1H/t11-,13-;/m0./s1. The van der Waals surface area contributed by atoms with Crippen molar-refractivity contribution in [1.29, 1.82) is 0 Å². The van der Waals surface area contributed by atoms with Crippen LogP contribution in [0.1, 0.15) is 12.8 Å². The number of aromatic nitrogens is 3. The average Bonchev–Trinajstić information content (AvgIpc) is 2.51. The number of hydrogen-bond donors (Lipinski definition) is 2. The molecule has 1 aliphatic rings. The summed E-state index contributed by atoms with van der Waals surface area (Å²) in [6.45, 7) is 0.591. The number of fused-ring (bicyclic) bond motifs is 1. The number of carbonyl (C=O) groups is 1. The van der Waals surface area contributed by atoms with Crippen molar-refractivity contribution in [1.82, 2.24) is 19.9 Å². The van der Waals surface area contributed by atoms with Crippen LogP contribution in [0, 0.1) is 0 Å². The van der Waals surface area contributed by atoms with Gasteiger partial charge < -0.3 is 10.4 Å². The zero-order valence-electron chi connectivity index (χ0n) is 11.8. The van der Waals surface area contributed by atoms with Crippen molar-refractivity contribution in [3.05, 3.63) is 35.1 Å². The topological polar surface area (TPSA) is 97.1 Å². The van der Waals surface area contributed by atoms with Gasteiger partial charge in [0.05, 0.1) is 35.9 Å². The van der Waals surface area contributed by atoms with Gasteiger partial charge in [-0.25, -0.2) is 4.98 Å². The van der Waals surface area contributed by atoms with Gasteiger partial charge in [-0.3, -0.25) is 19.1 Å². The van der Waals surface area contributed by atoms with Gasteiger partial charge in [-0.05, 0) is 25.5 Å². The fraction of sp³-hybridized carbons (Fsp3) is 0.429. The Kier molecular flexibility index (Phi) is 5.23. The number of Topliss-reactive ketones (excluding diaryl/α,β-unsaturated/α-hetero) is 1. The average molecular weight is 325 g/mol. The summed E-state index contributed by atoms with van der Waals surface area (Å²) in [6.07, 6.45) is 5.10. The Morgan fingerprint density at radius 2 is 2.32 bits per heavy atom. The molecule has 3 heterocycles. The molecule has 22 heavy (non-hydrogen) atoms. The van der Waals surface area contributed by atoms with Crippen molar-refractivity contribution < 1.29 is 9.90 Å². The van der Waals surface area contributed by atoms with Gasteiger partial charge in [0.25, 0.3) is 5.56 Å². The van der Waals surface area contributed by atoms with Crippen LogP contribution in [-0.2, 0) is 11.3 Å². The minimum Gasteiger partial charge on any atom is -0.391 e. The zero-order valence-corrected chi connectivity index (χ0v) is 12.6. The number of piperidine rings is 1. The molecule has 2 atom stereocenters. The predicted molar refractivity (Wildman–Crippen MR) is 83.1 cm³/mol. The van der Waals surface area contributed by atoms with Crippen molar-refractivity contribution in [3.63, 3.8) is 0 Å². The summed E-state index contributed by atoms with van der Waals surface area (Å²) in [6, 6.07) is 1.03. The van der Waals surface area contributed by atoms with Gasteiger partial charge in [0.1, 0.15) is 0 Å². The van der Waals surface area contributed by atoms with Gasteiger partial charge >= 0.3 is 0 Å². The van der Waals surface area contributed by atoms with Crippen LogP contribution in [0.4, 0.5) is 0 Å². The maximum absolute atomic E-state index is 12.3. The van der Waals surface area contributed by atoms with Crippen LogP contribution in [-0.4, -0.2) is 44.1 Å². The highest BCUT2D eigenvalue weighted by Crippen LogP contribution is 2.10. The number of rotatable bonds is 3. The molecule has 8 heteroatoms. The molecule has 0 saturated carbocycles. The highest BCUT2D eigenvalue weighted by Gasteiger charge is 2.29. The van der Waals surface area contributed by atoms with Crippen LogP contribution in [0.5, 0.6) is 0 Å². The van der Waals surface area contributed by atoms with E-state index in [4.69, 9.17) is 0 Å². The molecule has 0 aliphatic carbocycles. The SMILES string of the molecule is Cl.O=C(Cn1cnc2ccncc2c1=O)[C@H]1NCCC[C@@H]1O. The van der Waals surface area contributed by atoms with E-state index >= 15 is 0 Å². The second-order valence-electron chi connectivity index (χ2n) is 5.18. The number of aliphatic hydroxyl groups excluding tert-OH is 1. The highest BCUT2D eigenvalue weighted by atomic mass is 35.5. The largest absolute Gasteiger partial charge is 0.391 e. The molecule has 2 aromatic heterocycles. The summed E-state index contributed by atoms with van der Waals surface area (Å²) in [4.78, 5) is 32.6. The molecule has 0 spiro atoms. The summed E-state index contributed by atoms with van der Waals surface area (Å²) in [5.41, 5.74) is 0.251. The molecule has 0 bridgehead atoms. The van der Waals surface area contributed by atoms with E-state index < -0.39 is 12.1 Å². The first-order valence-corrected chi connectivity index (χ1v) is 6.90. The lowest BCUT2D eigenvalue weighted by atomic mass is 9.98. The van der Waals surface area contributed by atoms with E-state index in [1.165, 1.54) is 17.1 Å². The van der Waals surface area contributed by atoms with E-state index in [0.717, 1.165) is 6.42 Å². The lowest BCUT2D eigenvalue weighted by molar-refractivity contribution is -0.125. The molecule has 0 amide bonds. The smallest absolute Gasteiger partial charge is 0.263 e. The summed E-state index contributed by atoms with van der Waals surface area (Å²) in [5, 5.41) is 13.2. The molecule has 0 radical (unpaired) electrons. The van der Waals surface area contributed by atoms with Crippen LogP contribution in [0.3, 0.4) is 0 Å². The molecule has 1 fully saturated rings. The van der Waals surface area contributed by atoms with Crippen LogP contribution >= 0.6 is 12.4 Å². The maximum atomic E-state index is 12.3. The molecule has 0 aromatic carbocycles. The maximum Gasteiger partial charge on any atom is 0.263 e. The van der Waals surface area contributed by atoms with Gasteiger partial charge in [-0.2, -0.15) is 0 Å². The fourth-order valence-corrected chi connectivity index (χ4v) is 2.58. The third-order valence-corrected chi connectivity index (χ3v) is 3.72. The Bertz CT molecular complexity index is 733. The lowest BCUT2D eigenvalue weighted by Crippen LogP contribution is -2.51. The van der Waals surface area contributed by atoms with Gasteiger partial charge in [-0.15, -0.1) is 12.4 Å². The zero-order chi connectivity index (χ0) is 14.8. The Balaban J connectivity index is 0.00000176. The molecule has 0 unspecified atom stereocenters. The van der Waals surface area contributed by atoms with Gasteiger partial charge in [-0.1, -0.05) is 0 Å². The monoisotopic (exact) mass is 324 g/mol. The predicted octanol–water partition coefficient (Wildman–Crippen LogP) is -0.105. The molecule has 118 valence electrons. The van der Waals surface area contributed by atoms with Crippen molar-refractivity contribution in [3.8, 4) is 0 Å². The first-order chi connectivity index (χ1) is 10.2. The Labute approximate surface area is 132 Å². The van der Waals surface area contributed by atoms with Crippen molar-refractivity contribution in [2.45, 2.75) is 31.5 Å². The summed E-state index contributed by atoms with van der Waals surface area (Å²) >= 11 is 0. The molecular formula is C14H17ClN4O3. The first-order valence-electron chi connectivity index (χ1n) is 6.90. The number of aliphatic hydroxyl groups is 1. The Hall–Kier alpha value is -1.83. The Morgan fingerprint density at radius 1 is 1.50 bits per heavy atom. The molecule has 3 rings (SSSR count). The van der Waals surface area contributed by atoms with Gasteiger partial charge in [0, 0.05) is 12.4 Å². The van der Waals surface area contributed by atoms with Crippen LogP contribution in [0.15, 0.2) is 29.6 Å². The normalized spacial score (nSPS) is 21.3.